The quantitative estimate of drug-likeness (QED) is 0.776. The number of amides is 2. The summed E-state index contributed by atoms with van der Waals surface area (Å²) in [6.07, 6.45) is 1.23. The fourth-order valence-corrected chi connectivity index (χ4v) is 2.62. The molecule has 0 bridgehead atoms. The summed E-state index contributed by atoms with van der Waals surface area (Å²) < 4.78 is 10.7. The number of nitrogens with zero attached hydrogens (tertiary/aromatic N) is 1. The van der Waals surface area contributed by atoms with E-state index in [4.69, 9.17) is 14.6 Å². The summed E-state index contributed by atoms with van der Waals surface area (Å²) in [6, 6.07) is -0.238. The third-order valence-corrected chi connectivity index (χ3v) is 4.34. The van der Waals surface area contributed by atoms with E-state index in [1.165, 1.54) is 0 Å². The molecule has 0 saturated carbocycles. The van der Waals surface area contributed by atoms with Gasteiger partial charge in [0.1, 0.15) is 5.60 Å². The molecule has 114 valence electrons. The van der Waals surface area contributed by atoms with E-state index in [2.05, 4.69) is 5.32 Å². The van der Waals surface area contributed by atoms with Crippen LogP contribution in [0.1, 0.15) is 19.8 Å². The summed E-state index contributed by atoms with van der Waals surface area (Å²) in [7, 11) is 1.61. The van der Waals surface area contributed by atoms with Crippen molar-refractivity contribution in [3.8, 4) is 0 Å². The smallest absolute Gasteiger partial charge is 0.317 e. The Hall–Kier alpha value is -1.34. The van der Waals surface area contributed by atoms with Crippen molar-refractivity contribution in [3.05, 3.63) is 0 Å². The summed E-state index contributed by atoms with van der Waals surface area (Å²) in [4.78, 5) is 24.8. The van der Waals surface area contributed by atoms with Gasteiger partial charge in [-0.15, -0.1) is 0 Å². The fourth-order valence-electron chi connectivity index (χ4n) is 2.62. The number of methoxy groups -OCH3 is 1. The van der Waals surface area contributed by atoms with E-state index in [-0.39, 0.29) is 12.6 Å². The molecule has 0 aromatic carbocycles. The normalized spacial score (nSPS) is 33.4. The second kappa shape index (κ2) is 5.57. The SMILES string of the molecule is COC1(CNC(=O)N2CCC(C)(C(=O)O)C2)CCOC1. The highest BCUT2D eigenvalue weighted by molar-refractivity contribution is 5.79. The van der Waals surface area contributed by atoms with Gasteiger partial charge in [0.15, 0.2) is 0 Å². The van der Waals surface area contributed by atoms with E-state index in [9.17, 15) is 9.59 Å². The monoisotopic (exact) mass is 286 g/mol. The summed E-state index contributed by atoms with van der Waals surface area (Å²) >= 11 is 0. The van der Waals surface area contributed by atoms with Crippen LogP contribution in [0, 0.1) is 5.41 Å². The Morgan fingerprint density at radius 3 is 2.70 bits per heavy atom. The molecule has 2 atom stereocenters. The lowest BCUT2D eigenvalue weighted by Crippen LogP contribution is -2.49. The molecular weight excluding hydrogens is 264 g/mol. The van der Waals surface area contributed by atoms with Crippen LogP contribution in [0.25, 0.3) is 0 Å². The Balaban J connectivity index is 1.86. The lowest BCUT2D eigenvalue weighted by atomic mass is 9.90. The van der Waals surface area contributed by atoms with Gasteiger partial charge in [0, 0.05) is 33.2 Å². The molecule has 7 heteroatoms. The average Bonchev–Trinajstić information content (AvgIpc) is 3.04. The van der Waals surface area contributed by atoms with Gasteiger partial charge in [0.05, 0.1) is 18.6 Å². The molecule has 0 spiro atoms. The number of carboxylic acid groups (broad SMARTS) is 1. The van der Waals surface area contributed by atoms with Crippen LogP contribution in [-0.4, -0.2) is 67.6 Å². The zero-order valence-corrected chi connectivity index (χ0v) is 12.0. The number of hydrogen-bond donors (Lipinski definition) is 2. The van der Waals surface area contributed by atoms with E-state index in [1.807, 2.05) is 0 Å². The maximum absolute atomic E-state index is 12.1. The second-order valence-corrected chi connectivity index (χ2v) is 5.89. The summed E-state index contributed by atoms with van der Waals surface area (Å²) in [6.45, 7) is 3.85. The maximum atomic E-state index is 12.1. The molecule has 2 unspecified atom stereocenters. The average molecular weight is 286 g/mol. The van der Waals surface area contributed by atoms with Crippen LogP contribution in [0.2, 0.25) is 0 Å². The van der Waals surface area contributed by atoms with Crippen molar-refractivity contribution in [3.63, 3.8) is 0 Å². The Kier molecular flexibility index (Phi) is 4.19. The molecule has 2 aliphatic heterocycles. The largest absolute Gasteiger partial charge is 0.481 e. The van der Waals surface area contributed by atoms with Crippen LogP contribution in [0.4, 0.5) is 4.79 Å². The summed E-state index contributed by atoms with van der Waals surface area (Å²) in [5, 5.41) is 12.0. The van der Waals surface area contributed by atoms with Gasteiger partial charge in [-0.3, -0.25) is 4.79 Å². The van der Waals surface area contributed by atoms with Crippen molar-refractivity contribution in [1.82, 2.24) is 10.2 Å². The van der Waals surface area contributed by atoms with E-state index >= 15 is 0 Å². The second-order valence-electron chi connectivity index (χ2n) is 5.89. The lowest BCUT2D eigenvalue weighted by Gasteiger charge is -2.27. The molecule has 0 aliphatic carbocycles. The number of nitrogens with one attached hydrogen (secondary N) is 1. The number of urea groups is 1. The molecule has 2 saturated heterocycles. The minimum absolute atomic E-state index is 0.238. The zero-order valence-electron chi connectivity index (χ0n) is 12.0. The molecule has 0 radical (unpaired) electrons. The summed E-state index contributed by atoms with van der Waals surface area (Å²) in [5.74, 6) is -0.856. The number of ether oxygens (including phenoxy) is 2. The van der Waals surface area contributed by atoms with Crippen LogP contribution < -0.4 is 5.32 Å². The lowest BCUT2D eigenvalue weighted by molar-refractivity contribution is -0.147. The molecule has 2 amide bonds. The van der Waals surface area contributed by atoms with Crippen molar-refractivity contribution in [2.24, 2.45) is 5.41 Å². The minimum Gasteiger partial charge on any atom is -0.481 e. The number of aliphatic carboxylic acids is 1. The van der Waals surface area contributed by atoms with Gasteiger partial charge in [0.2, 0.25) is 0 Å². The Morgan fingerprint density at radius 1 is 1.45 bits per heavy atom. The predicted molar refractivity (Wildman–Crippen MR) is 70.5 cm³/mol. The topological polar surface area (TPSA) is 88.1 Å². The predicted octanol–water partition coefficient (Wildman–Crippen LogP) is 0.298. The van der Waals surface area contributed by atoms with Crippen LogP contribution in [-0.2, 0) is 14.3 Å². The fraction of sp³-hybridized carbons (Fsp3) is 0.846. The van der Waals surface area contributed by atoms with Gasteiger partial charge in [0.25, 0.3) is 0 Å². The number of carboxylic acids is 1. The van der Waals surface area contributed by atoms with Crippen molar-refractivity contribution >= 4 is 12.0 Å². The first-order valence-electron chi connectivity index (χ1n) is 6.80. The zero-order chi connectivity index (χ0) is 14.8. The molecule has 7 nitrogen and oxygen atoms in total. The van der Waals surface area contributed by atoms with Crippen LogP contribution >= 0.6 is 0 Å². The first kappa shape index (κ1) is 15.1. The Morgan fingerprint density at radius 2 is 2.20 bits per heavy atom. The van der Waals surface area contributed by atoms with Crippen molar-refractivity contribution < 1.29 is 24.2 Å². The number of carbonyl (C=O) groups excluding carboxylic acids is 1. The van der Waals surface area contributed by atoms with E-state index < -0.39 is 17.0 Å². The highest BCUT2D eigenvalue weighted by Gasteiger charge is 2.43. The van der Waals surface area contributed by atoms with E-state index in [1.54, 1.807) is 18.9 Å². The first-order valence-corrected chi connectivity index (χ1v) is 6.80. The van der Waals surface area contributed by atoms with E-state index in [0.717, 1.165) is 6.42 Å². The van der Waals surface area contributed by atoms with Crippen molar-refractivity contribution in [2.45, 2.75) is 25.4 Å². The molecule has 2 fully saturated rings. The molecule has 2 N–H and O–H groups in total. The van der Waals surface area contributed by atoms with Crippen LogP contribution in [0.3, 0.4) is 0 Å². The van der Waals surface area contributed by atoms with Crippen LogP contribution in [0.15, 0.2) is 0 Å². The molecule has 0 aromatic rings. The molecule has 0 aromatic heterocycles. The number of carbonyl (C=O) groups is 2. The van der Waals surface area contributed by atoms with Gasteiger partial charge in [-0.2, -0.15) is 0 Å². The Bertz CT molecular complexity index is 394. The van der Waals surface area contributed by atoms with Gasteiger partial charge in [-0.1, -0.05) is 0 Å². The number of rotatable bonds is 4. The third-order valence-electron chi connectivity index (χ3n) is 4.34. The molecular formula is C13H22N2O5. The van der Waals surface area contributed by atoms with Crippen molar-refractivity contribution in [1.29, 1.82) is 0 Å². The number of hydrogen-bond acceptors (Lipinski definition) is 4. The Labute approximate surface area is 118 Å². The number of likely N-dealkylation sites (tertiary alicyclic amines) is 1. The van der Waals surface area contributed by atoms with Gasteiger partial charge in [-0.25, -0.2) is 4.79 Å². The molecule has 2 aliphatic rings. The first-order chi connectivity index (χ1) is 9.41. The van der Waals surface area contributed by atoms with Gasteiger partial charge < -0.3 is 24.8 Å². The molecule has 2 heterocycles. The van der Waals surface area contributed by atoms with Crippen molar-refractivity contribution in [2.75, 3.05) is 40.0 Å². The van der Waals surface area contributed by atoms with Gasteiger partial charge >= 0.3 is 12.0 Å². The highest BCUT2D eigenvalue weighted by atomic mass is 16.5. The molecule has 2 rings (SSSR count). The van der Waals surface area contributed by atoms with Crippen LogP contribution in [0.5, 0.6) is 0 Å². The minimum atomic E-state index is -0.856. The van der Waals surface area contributed by atoms with E-state index in [0.29, 0.717) is 32.7 Å². The standard InChI is InChI=1S/C13H22N2O5/c1-12(10(16)17)3-5-15(8-12)11(18)14-7-13(19-2)4-6-20-9-13/h3-9H2,1-2H3,(H,14,18)(H,16,17). The molecule has 20 heavy (non-hydrogen) atoms. The van der Waals surface area contributed by atoms with Gasteiger partial charge in [-0.05, 0) is 13.3 Å². The summed E-state index contributed by atoms with van der Waals surface area (Å²) in [5.41, 5.74) is -1.29. The highest BCUT2D eigenvalue weighted by Crippen LogP contribution is 2.30. The third kappa shape index (κ3) is 2.88. The maximum Gasteiger partial charge on any atom is 0.317 e.